The molecule has 1 aromatic heterocycles. The summed E-state index contributed by atoms with van der Waals surface area (Å²) >= 11 is 6.00. The number of hydrogen-bond acceptors (Lipinski definition) is 5. The number of likely N-dealkylation sites (N-methyl/N-ethyl adjacent to an activating group) is 1. The maximum Gasteiger partial charge on any atom is 0.298 e. The summed E-state index contributed by atoms with van der Waals surface area (Å²) in [6.45, 7) is 4.59. The Morgan fingerprint density at radius 1 is 1.52 bits per heavy atom. The summed E-state index contributed by atoms with van der Waals surface area (Å²) < 4.78 is 5.85. The molecule has 2 aromatic rings. The van der Waals surface area contributed by atoms with Gasteiger partial charge in [0.05, 0.1) is 6.61 Å². The molecule has 0 aliphatic carbocycles. The SMILES string of the molecule is CCN(CCO)C(=O)CC1CCCN(c2nc3ccc(Cl)cc3o2)C1. The van der Waals surface area contributed by atoms with Crippen LogP contribution in [0.1, 0.15) is 26.2 Å². The summed E-state index contributed by atoms with van der Waals surface area (Å²) in [5.74, 6) is 0.375. The van der Waals surface area contributed by atoms with Gasteiger partial charge in [-0.2, -0.15) is 4.98 Å². The van der Waals surface area contributed by atoms with Crippen LogP contribution in [0.5, 0.6) is 0 Å². The van der Waals surface area contributed by atoms with Crippen molar-refractivity contribution in [2.24, 2.45) is 5.92 Å². The molecule has 3 rings (SSSR count). The van der Waals surface area contributed by atoms with Gasteiger partial charge in [-0.15, -0.1) is 0 Å². The number of halogens is 1. The van der Waals surface area contributed by atoms with Gasteiger partial charge in [0.2, 0.25) is 5.91 Å². The van der Waals surface area contributed by atoms with Crippen molar-refractivity contribution in [2.45, 2.75) is 26.2 Å². The van der Waals surface area contributed by atoms with E-state index in [9.17, 15) is 4.79 Å². The highest BCUT2D eigenvalue weighted by Crippen LogP contribution is 2.29. The number of anilines is 1. The lowest BCUT2D eigenvalue weighted by Crippen LogP contribution is -2.40. The molecule has 1 fully saturated rings. The Morgan fingerprint density at radius 3 is 3.12 bits per heavy atom. The van der Waals surface area contributed by atoms with Crippen LogP contribution in [0.4, 0.5) is 6.01 Å². The van der Waals surface area contributed by atoms with Gasteiger partial charge in [0, 0.05) is 43.7 Å². The number of nitrogens with zero attached hydrogens (tertiary/aromatic N) is 3. The Balaban J connectivity index is 1.66. The van der Waals surface area contributed by atoms with Crippen LogP contribution in [0.3, 0.4) is 0 Å². The molecule has 0 saturated carbocycles. The van der Waals surface area contributed by atoms with Gasteiger partial charge in [-0.3, -0.25) is 4.79 Å². The maximum absolute atomic E-state index is 12.4. The number of piperidine rings is 1. The van der Waals surface area contributed by atoms with E-state index in [0.29, 0.717) is 36.1 Å². The van der Waals surface area contributed by atoms with Gasteiger partial charge in [0.15, 0.2) is 5.58 Å². The van der Waals surface area contributed by atoms with Crippen molar-refractivity contribution in [3.63, 3.8) is 0 Å². The van der Waals surface area contributed by atoms with Crippen molar-refractivity contribution in [3.05, 3.63) is 23.2 Å². The van der Waals surface area contributed by atoms with Crippen molar-refractivity contribution in [2.75, 3.05) is 37.7 Å². The molecule has 1 saturated heterocycles. The zero-order valence-corrected chi connectivity index (χ0v) is 15.2. The molecule has 1 N–H and O–H groups in total. The van der Waals surface area contributed by atoms with Crippen LogP contribution in [0.2, 0.25) is 5.02 Å². The first-order valence-corrected chi connectivity index (χ1v) is 9.18. The second-order valence-corrected chi connectivity index (χ2v) is 6.90. The van der Waals surface area contributed by atoms with E-state index in [4.69, 9.17) is 21.1 Å². The number of hydrogen-bond donors (Lipinski definition) is 1. The van der Waals surface area contributed by atoms with Gasteiger partial charge in [0.25, 0.3) is 6.01 Å². The van der Waals surface area contributed by atoms with Crippen LogP contribution in [-0.2, 0) is 4.79 Å². The van der Waals surface area contributed by atoms with Crippen LogP contribution in [0.15, 0.2) is 22.6 Å². The summed E-state index contributed by atoms with van der Waals surface area (Å²) in [6, 6.07) is 6.02. The smallest absolute Gasteiger partial charge is 0.298 e. The molecule has 6 nitrogen and oxygen atoms in total. The van der Waals surface area contributed by atoms with E-state index in [2.05, 4.69) is 9.88 Å². The number of aliphatic hydroxyl groups is 1. The molecule has 2 heterocycles. The van der Waals surface area contributed by atoms with Crippen molar-refractivity contribution < 1.29 is 14.3 Å². The van der Waals surface area contributed by atoms with Gasteiger partial charge in [-0.1, -0.05) is 11.6 Å². The quantitative estimate of drug-likeness (QED) is 0.852. The van der Waals surface area contributed by atoms with E-state index in [0.717, 1.165) is 31.4 Å². The topological polar surface area (TPSA) is 69.8 Å². The number of carbonyl (C=O) groups excluding carboxylic acids is 1. The maximum atomic E-state index is 12.4. The molecule has 1 amide bonds. The first-order valence-electron chi connectivity index (χ1n) is 8.80. The van der Waals surface area contributed by atoms with Gasteiger partial charge in [-0.25, -0.2) is 0 Å². The molecular weight excluding hydrogens is 342 g/mol. The van der Waals surface area contributed by atoms with Crippen molar-refractivity contribution in [1.82, 2.24) is 9.88 Å². The Kier molecular flexibility index (Phi) is 5.81. The Hall–Kier alpha value is -1.79. The highest BCUT2D eigenvalue weighted by atomic mass is 35.5. The molecule has 0 radical (unpaired) electrons. The molecule has 1 aromatic carbocycles. The average Bonchev–Trinajstić information content (AvgIpc) is 3.03. The minimum Gasteiger partial charge on any atom is -0.423 e. The Morgan fingerprint density at radius 2 is 2.36 bits per heavy atom. The number of benzene rings is 1. The lowest BCUT2D eigenvalue weighted by Gasteiger charge is -2.32. The van der Waals surface area contributed by atoms with Crippen LogP contribution in [0.25, 0.3) is 11.1 Å². The molecule has 7 heteroatoms. The lowest BCUT2D eigenvalue weighted by molar-refractivity contribution is -0.132. The largest absolute Gasteiger partial charge is 0.423 e. The Bertz CT molecular complexity index is 733. The summed E-state index contributed by atoms with van der Waals surface area (Å²) in [6.07, 6.45) is 2.52. The van der Waals surface area contributed by atoms with E-state index in [-0.39, 0.29) is 18.4 Å². The fraction of sp³-hybridized carbons (Fsp3) is 0.556. The predicted molar refractivity (Wildman–Crippen MR) is 97.9 cm³/mol. The average molecular weight is 366 g/mol. The number of oxazole rings is 1. The number of rotatable bonds is 6. The summed E-state index contributed by atoms with van der Waals surface area (Å²) in [7, 11) is 0. The summed E-state index contributed by atoms with van der Waals surface area (Å²) in [5, 5.41) is 9.70. The second kappa shape index (κ2) is 8.06. The first kappa shape index (κ1) is 18.0. The predicted octanol–water partition coefficient (Wildman–Crippen LogP) is 2.93. The molecule has 1 aliphatic rings. The third-order valence-corrected chi connectivity index (χ3v) is 4.93. The van der Waals surface area contributed by atoms with E-state index in [1.165, 1.54) is 0 Å². The van der Waals surface area contributed by atoms with E-state index in [1.807, 2.05) is 13.0 Å². The molecule has 1 unspecified atom stereocenters. The van der Waals surface area contributed by atoms with Crippen LogP contribution >= 0.6 is 11.6 Å². The third kappa shape index (κ3) is 4.25. The van der Waals surface area contributed by atoms with Crippen LogP contribution in [-0.4, -0.2) is 53.7 Å². The Labute approximate surface area is 152 Å². The van der Waals surface area contributed by atoms with Gasteiger partial charge >= 0.3 is 0 Å². The molecule has 0 bridgehead atoms. The fourth-order valence-corrected chi connectivity index (χ4v) is 3.54. The van der Waals surface area contributed by atoms with Gasteiger partial charge in [-0.05, 0) is 37.8 Å². The fourth-order valence-electron chi connectivity index (χ4n) is 3.38. The van der Waals surface area contributed by atoms with Crippen molar-refractivity contribution >= 4 is 34.6 Å². The normalized spacial score (nSPS) is 17.9. The van der Waals surface area contributed by atoms with Crippen LogP contribution < -0.4 is 4.90 Å². The second-order valence-electron chi connectivity index (χ2n) is 6.46. The van der Waals surface area contributed by atoms with Gasteiger partial charge < -0.3 is 19.3 Å². The zero-order chi connectivity index (χ0) is 17.8. The standard InChI is InChI=1S/C18H24ClN3O3/c1-2-21(8-9-23)17(24)10-13-4-3-7-22(12-13)18-20-15-6-5-14(19)11-16(15)25-18/h5-6,11,13,23H,2-4,7-10,12H2,1H3. The number of amides is 1. The molecule has 0 spiro atoms. The highest BCUT2D eigenvalue weighted by molar-refractivity contribution is 6.31. The molecule has 1 atom stereocenters. The highest BCUT2D eigenvalue weighted by Gasteiger charge is 2.26. The van der Waals surface area contributed by atoms with Crippen molar-refractivity contribution in [3.8, 4) is 0 Å². The molecular formula is C18H24ClN3O3. The summed E-state index contributed by atoms with van der Waals surface area (Å²) in [5.41, 5.74) is 1.47. The van der Waals surface area contributed by atoms with E-state index < -0.39 is 0 Å². The van der Waals surface area contributed by atoms with Crippen molar-refractivity contribution in [1.29, 1.82) is 0 Å². The number of fused-ring (bicyclic) bond motifs is 1. The monoisotopic (exact) mass is 365 g/mol. The first-order chi connectivity index (χ1) is 12.1. The number of aromatic nitrogens is 1. The zero-order valence-electron chi connectivity index (χ0n) is 14.4. The lowest BCUT2D eigenvalue weighted by atomic mass is 9.94. The number of carbonyl (C=O) groups is 1. The minimum atomic E-state index is 0.00182. The van der Waals surface area contributed by atoms with E-state index in [1.54, 1.807) is 17.0 Å². The summed E-state index contributed by atoms with van der Waals surface area (Å²) in [4.78, 5) is 20.8. The van der Waals surface area contributed by atoms with Crippen LogP contribution in [0, 0.1) is 5.92 Å². The van der Waals surface area contributed by atoms with E-state index >= 15 is 0 Å². The minimum absolute atomic E-state index is 0.00182. The molecule has 1 aliphatic heterocycles. The van der Waals surface area contributed by atoms with Gasteiger partial charge in [0.1, 0.15) is 5.52 Å². The number of aliphatic hydroxyl groups excluding tert-OH is 1. The molecule has 136 valence electrons. The third-order valence-electron chi connectivity index (χ3n) is 4.70. The molecule has 25 heavy (non-hydrogen) atoms.